The lowest BCUT2D eigenvalue weighted by molar-refractivity contribution is -0.136. The Labute approximate surface area is 131 Å². The highest BCUT2D eigenvalue weighted by Crippen LogP contribution is 2.33. The molecule has 23 heavy (non-hydrogen) atoms. The summed E-state index contributed by atoms with van der Waals surface area (Å²) in [6.07, 6.45) is 0.371. The summed E-state index contributed by atoms with van der Waals surface area (Å²) in [5, 5.41) is 11.5. The van der Waals surface area contributed by atoms with Gasteiger partial charge in [0.2, 0.25) is 11.8 Å². The number of carboxylic acids is 1. The quantitative estimate of drug-likeness (QED) is 0.767. The standard InChI is InChI=1S/C15H14N2O6/c1-23-7-4-8-10(9(5-7)15(21)22)6-17(14(8)20)11-2-3-12(18)16-13(11)19/h4-5,11H,2-3,6H2,1H3,(H,21,22)(H,16,18,19). The first-order chi connectivity index (χ1) is 10.9. The van der Waals surface area contributed by atoms with Crippen molar-refractivity contribution in [3.05, 3.63) is 28.8 Å². The molecule has 1 aromatic carbocycles. The molecule has 1 atom stereocenters. The van der Waals surface area contributed by atoms with Gasteiger partial charge in [0.05, 0.1) is 12.7 Å². The second-order valence-corrected chi connectivity index (χ2v) is 5.41. The molecule has 2 aliphatic heterocycles. The third-order valence-electron chi connectivity index (χ3n) is 4.10. The highest BCUT2D eigenvalue weighted by molar-refractivity contribution is 6.07. The van der Waals surface area contributed by atoms with E-state index in [2.05, 4.69) is 5.32 Å². The highest BCUT2D eigenvalue weighted by Gasteiger charge is 2.40. The van der Waals surface area contributed by atoms with Crippen molar-refractivity contribution < 1.29 is 29.0 Å². The van der Waals surface area contributed by atoms with Gasteiger partial charge >= 0.3 is 5.97 Å². The van der Waals surface area contributed by atoms with Crippen molar-refractivity contribution in [3.8, 4) is 5.75 Å². The molecule has 120 valence electrons. The van der Waals surface area contributed by atoms with E-state index >= 15 is 0 Å². The summed E-state index contributed by atoms with van der Waals surface area (Å²) < 4.78 is 5.04. The van der Waals surface area contributed by atoms with Gasteiger partial charge in [-0.1, -0.05) is 0 Å². The molecule has 1 saturated heterocycles. The second kappa shape index (κ2) is 5.38. The fourth-order valence-corrected chi connectivity index (χ4v) is 2.94. The third-order valence-corrected chi connectivity index (χ3v) is 4.10. The van der Waals surface area contributed by atoms with Crippen molar-refractivity contribution in [2.24, 2.45) is 0 Å². The molecule has 2 N–H and O–H groups in total. The van der Waals surface area contributed by atoms with Gasteiger partial charge in [0.25, 0.3) is 5.91 Å². The maximum absolute atomic E-state index is 12.6. The number of rotatable bonds is 3. The number of nitrogens with zero attached hydrogens (tertiary/aromatic N) is 1. The second-order valence-electron chi connectivity index (χ2n) is 5.41. The van der Waals surface area contributed by atoms with Crippen LogP contribution in [0.3, 0.4) is 0 Å². The molecule has 1 fully saturated rings. The molecule has 0 radical (unpaired) electrons. The predicted octanol–water partition coefficient (Wildman–Crippen LogP) is 0.154. The van der Waals surface area contributed by atoms with Crippen molar-refractivity contribution in [2.75, 3.05) is 7.11 Å². The lowest BCUT2D eigenvalue weighted by Crippen LogP contribution is -2.52. The van der Waals surface area contributed by atoms with Crippen LogP contribution in [-0.2, 0) is 16.1 Å². The van der Waals surface area contributed by atoms with E-state index in [1.165, 1.54) is 24.1 Å². The fraction of sp³-hybridized carbons (Fsp3) is 0.333. The average molecular weight is 318 g/mol. The Hall–Kier alpha value is -2.90. The van der Waals surface area contributed by atoms with Crippen LogP contribution in [0.4, 0.5) is 0 Å². The van der Waals surface area contributed by atoms with Crippen LogP contribution in [0.1, 0.15) is 39.1 Å². The minimum Gasteiger partial charge on any atom is -0.497 e. The van der Waals surface area contributed by atoms with Crippen LogP contribution in [0, 0.1) is 0 Å². The molecule has 0 saturated carbocycles. The van der Waals surface area contributed by atoms with Gasteiger partial charge in [0, 0.05) is 18.5 Å². The van der Waals surface area contributed by atoms with E-state index in [1.54, 1.807) is 0 Å². The first-order valence-electron chi connectivity index (χ1n) is 7.01. The van der Waals surface area contributed by atoms with Crippen LogP contribution in [0.2, 0.25) is 0 Å². The maximum atomic E-state index is 12.6. The van der Waals surface area contributed by atoms with Crippen LogP contribution in [-0.4, -0.2) is 46.8 Å². The molecule has 8 heteroatoms. The number of carbonyl (C=O) groups excluding carboxylic acids is 3. The molecule has 2 aliphatic rings. The number of carbonyl (C=O) groups is 4. The Morgan fingerprint density at radius 1 is 1.35 bits per heavy atom. The van der Waals surface area contributed by atoms with Gasteiger partial charge in [0.1, 0.15) is 11.8 Å². The van der Waals surface area contributed by atoms with Gasteiger partial charge < -0.3 is 14.7 Å². The number of hydrogen-bond donors (Lipinski definition) is 2. The summed E-state index contributed by atoms with van der Waals surface area (Å²) in [7, 11) is 1.38. The minimum atomic E-state index is -1.17. The number of hydrogen-bond acceptors (Lipinski definition) is 5. The normalized spacial score (nSPS) is 20.3. The lowest BCUT2D eigenvalue weighted by atomic mass is 10.0. The van der Waals surface area contributed by atoms with Crippen LogP contribution in [0.5, 0.6) is 5.75 Å². The minimum absolute atomic E-state index is 0.0199. The van der Waals surface area contributed by atoms with Crippen molar-refractivity contribution in [1.82, 2.24) is 10.2 Å². The maximum Gasteiger partial charge on any atom is 0.336 e. The SMILES string of the molecule is COc1cc(C(=O)O)c2c(c1)C(=O)N(C1CCC(=O)NC1=O)C2. The zero-order valence-electron chi connectivity index (χ0n) is 12.3. The molecule has 0 aliphatic carbocycles. The number of nitrogens with one attached hydrogen (secondary N) is 1. The van der Waals surface area contributed by atoms with Crippen molar-refractivity contribution in [1.29, 1.82) is 0 Å². The average Bonchev–Trinajstić information content (AvgIpc) is 2.83. The number of ether oxygens (including phenoxy) is 1. The summed E-state index contributed by atoms with van der Waals surface area (Å²) in [6.45, 7) is 0.0199. The number of imide groups is 1. The van der Waals surface area contributed by atoms with E-state index in [0.29, 0.717) is 5.56 Å². The number of piperidine rings is 1. The molecule has 3 rings (SSSR count). The molecular weight excluding hydrogens is 304 g/mol. The summed E-state index contributed by atoms with van der Waals surface area (Å²) >= 11 is 0. The molecule has 1 unspecified atom stereocenters. The number of aromatic carboxylic acids is 1. The summed E-state index contributed by atoms with van der Waals surface area (Å²) in [6, 6.07) is 2.04. The van der Waals surface area contributed by atoms with E-state index in [4.69, 9.17) is 4.74 Å². The van der Waals surface area contributed by atoms with E-state index in [9.17, 15) is 24.3 Å². The van der Waals surface area contributed by atoms with Crippen LogP contribution < -0.4 is 10.1 Å². The van der Waals surface area contributed by atoms with Gasteiger partial charge in [-0.3, -0.25) is 19.7 Å². The summed E-state index contributed by atoms with van der Waals surface area (Å²) in [5.74, 6) is -2.25. The zero-order chi connectivity index (χ0) is 16.7. The van der Waals surface area contributed by atoms with Gasteiger partial charge in [0.15, 0.2) is 0 Å². The van der Waals surface area contributed by atoms with E-state index in [-0.39, 0.29) is 42.2 Å². The first-order valence-corrected chi connectivity index (χ1v) is 7.01. The largest absolute Gasteiger partial charge is 0.497 e. The van der Waals surface area contributed by atoms with Crippen molar-refractivity contribution in [2.45, 2.75) is 25.4 Å². The summed E-state index contributed by atoms with van der Waals surface area (Å²) in [4.78, 5) is 48.5. The number of methoxy groups -OCH3 is 1. The third kappa shape index (κ3) is 2.41. The monoisotopic (exact) mass is 318 g/mol. The molecule has 1 aromatic rings. The van der Waals surface area contributed by atoms with E-state index in [0.717, 1.165) is 0 Å². The highest BCUT2D eigenvalue weighted by atomic mass is 16.5. The number of benzene rings is 1. The van der Waals surface area contributed by atoms with E-state index in [1.807, 2.05) is 0 Å². The Morgan fingerprint density at radius 3 is 2.70 bits per heavy atom. The van der Waals surface area contributed by atoms with Gasteiger partial charge in [-0.05, 0) is 24.1 Å². The molecule has 8 nitrogen and oxygen atoms in total. The molecule has 3 amide bonds. The Kier molecular flexibility index (Phi) is 3.51. The molecule has 0 spiro atoms. The molecule has 0 bridgehead atoms. The number of amides is 3. The van der Waals surface area contributed by atoms with Crippen LogP contribution in [0.25, 0.3) is 0 Å². The zero-order valence-corrected chi connectivity index (χ0v) is 12.3. The lowest BCUT2D eigenvalue weighted by Gasteiger charge is -2.29. The van der Waals surface area contributed by atoms with Crippen LogP contribution >= 0.6 is 0 Å². The van der Waals surface area contributed by atoms with Gasteiger partial charge in [-0.25, -0.2) is 4.79 Å². The van der Waals surface area contributed by atoms with Gasteiger partial charge in [-0.15, -0.1) is 0 Å². The Balaban J connectivity index is 1.98. The molecular formula is C15H14N2O6. The Bertz CT molecular complexity index is 742. The van der Waals surface area contributed by atoms with Crippen molar-refractivity contribution in [3.63, 3.8) is 0 Å². The summed E-state index contributed by atoms with van der Waals surface area (Å²) in [5.41, 5.74) is 0.543. The predicted molar refractivity (Wildman–Crippen MR) is 76.0 cm³/mol. The number of fused-ring (bicyclic) bond motifs is 1. The van der Waals surface area contributed by atoms with Crippen molar-refractivity contribution >= 4 is 23.7 Å². The topological polar surface area (TPSA) is 113 Å². The number of carboxylic acid groups (broad SMARTS) is 1. The smallest absolute Gasteiger partial charge is 0.336 e. The molecule has 2 heterocycles. The van der Waals surface area contributed by atoms with Crippen LogP contribution in [0.15, 0.2) is 12.1 Å². The van der Waals surface area contributed by atoms with E-state index < -0.39 is 23.8 Å². The first kappa shape index (κ1) is 15.0. The molecule has 0 aromatic heterocycles. The fourth-order valence-electron chi connectivity index (χ4n) is 2.94. The van der Waals surface area contributed by atoms with Gasteiger partial charge in [-0.2, -0.15) is 0 Å². The Morgan fingerprint density at radius 2 is 2.09 bits per heavy atom.